The van der Waals surface area contributed by atoms with E-state index >= 15 is 0 Å². The summed E-state index contributed by atoms with van der Waals surface area (Å²) >= 11 is 0. The van der Waals surface area contributed by atoms with Crippen LogP contribution in [0.15, 0.2) is 79.1 Å². The molecule has 0 aliphatic heterocycles. The molecule has 2 aromatic heterocycles. The number of hydrogen-bond acceptors (Lipinski definition) is 5. The predicted octanol–water partition coefficient (Wildman–Crippen LogP) is 3.77. The number of anilines is 1. The first-order chi connectivity index (χ1) is 14.2. The van der Waals surface area contributed by atoms with Gasteiger partial charge in [-0.2, -0.15) is 5.10 Å². The maximum absolute atomic E-state index is 12.9. The first-order valence-corrected chi connectivity index (χ1v) is 8.82. The van der Waals surface area contributed by atoms with Gasteiger partial charge >= 0.3 is 0 Å². The second kappa shape index (κ2) is 8.30. The summed E-state index contributed by atoms with van der Waals surface area (Å²) in [7, 11) is 0. The third-order valence-electron chi connectivity index (χ3n) is 4.00. The number of nitrogens with one attached hydrogen (secondary N) is 1. The number of ether oxygens (including phenoxy) is 1. The van der Waals surface area contributed by atoms with E-state index in [4.69, 9.17) is 4.74 Å². The Morgan fingerprint density at radius 3 is 2.45 bits per heavy atom. The number of carbonyl (C=O) groups excluding carboxylic acids is 1. The summed E-state index contributed by atoms with van der Waals surface area (Å²) < 4.78 is 20.2. The predicted molar refractivity (Wildman–Crippen MR) is 104 cm³/mol. The van der Waals surface area contributed by atoms with Gasteiger partial charge in [0.1, 0.15) is 11.6 Å². The van der Waals surface area contributed by atoms with Crippen molar-refractivity contribution < 1.29 is 13.9 Å². The lowest BCUT2D eigenvalue weighted by molar-refractivity contribution is -0.115. The van der Waals surface area contributed by atoms with Crippen LogP contribution < -0.4 is 10.1 Å². The van der Waals surface area contributed by atoms with Crippen molar-refractivity contribution in [2.45, 2.75) is 6.42 Å². The van der Waals surface area contributed by atoms with Crippen LogP contribution in [-0.2, 0) is 11.2 Å². The van der Waals surface area contributed by atoms with Gasteiger partial charge in [0.2, 0.25) is 11.8 Å². The average molecular weight is 389 g/mol. The van der Waals surface area contributed by atoms with Crippen molar-refractivity contribution in [1.82, 2.24) is 20.0 Å². The fraction of sp³-hybridized carbons (Fsp3) is 0.0476. The molecule has 0 radical (unpaired) electrons. The Morgan fingerprint density at radius 2 is 1.79 bits per heavy atom. The summed E-state index contributed by atoms with van der Waals surface area (Å²) in [6, 6.07) is 18.0. The number of carbonyl (C=O) groups is 1. The lowest BCUT2D eigenvalue weighted by Crippen LogP contribution is -2.14. The molecule has 1 amide bonds. The molecular formula is C21H16FN5O2. The molecule has 4 aromatic rings. The van der Waals surface area contributed by atoms with Crippen molar-refractivity contribution in [3.05, 3.63) is 90.5 Å². The molecule has 0 spiro atoms. The van der Waals surface area contributed by atoms with Crippen molar-refractivity contribution >= 4 is 11.6 Å². The van der Waals surface area contributed by atoms with E-state index in [-0.39, 0.29) is 18.1 Å². The maximum Gasteiger partial charge on any atom is 0.238 e. The van der Waals surface area contributed by atoms with Crippen molar-refractivity contribution in [2.75, 3.05) is 5.32 Å². The zero-order valence-corrected chi connectivity index (χ0v) is 15.2. The number of hydrogen-bond donors (Lipinski definition) is 1. The number of nitrogens with zero attached hydrogens (tertiary/aromatic N) is 4. The highest BCUT2D eigenvalue weighted by Gasteiger charge is 2.06. The second-order valence-electron chi connectivity index (χ2n) is 6.16. The van der Waals surface area contributed by atoms with Gasteiger partial charge in [0.05, 0.1) is 6.42 Å². The molecule has 0 saturated carbocycles. The number of halogens is 1. The fourth-order valence-electron chi connectivity index (χ4n) is 2.61. The number of amides is 1. The van der Waals surface area contributed by atoms with Crippen molar-refractivity contribution in [2.24, 2.45) is 0 Å². The molecule has 0 saturated heterocycles. The normalized spacial score (nSPS) is 10.5. The van der Waals surface area contributed by atoms with Crippen LogP contribution in [0.1, 0.15) is 5.56 Å². The van der Waals surface area contributed by atoms with E-state index in [1.165, 1.54) is 12.1 Å². The lowest BCUT2D eigenvalue weighted by Gasteiger charge is -2.08. The SMILES string of the molecule is O=C(Cc1ccc(F)cc1)Nc1ccc(Oc2ccc(-n3cccn3)nn2)cc1. The van der Waals surface area contributed by atoms with Gasteiger partial charge in [-0.3, -0.25) is 4.79 Å². The monoisotopic (exact) mass is 389 g/mol. The summed E-state index contributed by atoms with van der Waals surface area (Å²) in [6.07, 6.45) is 3.59. The molecule has 7 nitrogen and oxygen atoms in total. The highest BCUT2D eigenvalue weighted by molar-refractivity contribution is 5.92. The summed E-state index contributed by atoms with van der Waals surface area (Å²) in [5, 5.41) is 15.0. The van der Waals surface area contributed by atoms with Crippen molar-refractivity contribution in [3.63, 3.8) is 0 Å². The van der Waals surface area contributed by atoms with Crippen LogP contribution in [0.3, 0.4) is 0 Å². The van der Waals surface area contributed by atoms with E-state index in [1.54, 1.807) is 71.7 Å². The van der Waals surface area contributed by atoms with Crippen LogP contribution in [-0.4, -0.2) is 25.9 Å². The van der Waals surface area contributed by atoms with Crippen LogP contribution in [0.4, 0.5) is 10.1 Å². The van der Waals surface area contributed by atoms with Crippen molar-refractivity contribution in [1.29, 1.82) is 0 Å². The molecule has 2 heterocycles. The summed E-state index contributed by atoms with van der Waals surface area (Å²) in [5.74, 6) is 0.967. The maximum atomic E-state index is 12.9. The fourth-order valence-corrected chi connectivity index (χ4v) is 2.61. The Labute approximate surface area is 165 Å². The molecule has 0 aliphatic rings. The lowest BCUT2D eigenvalue weighted by atomic mass is 10.1. The Hall–Kier alpha value is -4.07. The molecule has 0 atom stereocenters. The molecule has 8 heteroatoms. The third-order valence-corrected chi connectivity index (χ3v) is 4.00. The Balaban J connectivity index is 1.34. The van der Waals surface area contributed by atoms with Crippen LogP contribution in [0.5, 0.6) is 11.6 Å². The van der Waals surface area contributed by atoms with Crippen molar-refractivity contribution in [3.8, 4) is 17.4 Å². The molecule has 144 valence electrons. The first kappa shape index (κ1) is 18.3. The van der Waals surface area contributed by atoms with E-state index in [0.717, 1.165) is 5.56 Å². The molecule has 1 N–H and O–H groups in total. The molecule has 0 bridgehead atoms. The first-order valence-electron chi connectivity index (χ1n) is 8.82. The Morgan fingerprint density at radius 1 is 1.00 bits per heavy atom. The van der Waals surface area contributed by atoms with Crippen LogP contribution in [0.25, 0.3) is 5.82 Å². The molecule has 4 rings (SSSR count). The minimum Gasteiger partial charge on any atom is -0.438 e. The topological polar surface area (TPSA) is 81.9 Å². The summed E-state index contributed by atoms with van der Waals surface area (Å²) in [5.41, 5.74) is 1.37. The molecule has 0 unspecified atom stereocenters. The van der Waals surface area contributed by atoms with Gasteiger partial charge in [-0.25, -0.2) is 9.07 Å². The van der Waals surface area contributed by atoms with Gasteiger partial charge in [-0.15, -0.1) is 10.2 Å². The Kier molecular flexibility index (Phi) is 5.24. The van der Waals surface area contributed by atoms with Gasteiger partial charge in [0.15, 0.2) is 5.82 Å². The minimum absolute atomic E-state index is 0.163. The number of benzene rings is 2. The summed E-state index contributed by atoms with van der Waals surface area (Å²) in [6.45, 7) is 0. The van der Waals surface area contributed by atoms with Gasteiger partial charge < -0.3 is 10.1 Å². The molecule has 29 heavy (non-hydrogen) atoms. The average Bonchev–Trinajstić information content (AvgIpc) is 3.27. The second-order valence-corrected chi connectivity index (χ2v) is 6.16. The molecular weight excluding hydrogens is 373 g/mol. The van der Waals surface area contributed by atoms with Gasteiger partial charge in [0, 0.05) is 24.1 Å². The van der Waals surface area contributed by atoms with E-state index in [9.17, 15) is 9.18 Å². The van der Waals surface area contributed by atoms with Gasteiger partial charge in [-0.05, 0) is 54.1 Å². The number of aromatic nitrogens is 4. The molecule has 0 fully saturated rings. The van der Waals surface area contributed by atoms with Gasteiger partial charge in [0.25, 0.3) is 0 Å². The zero-order chi connectivity index (χ0) is 20.1. The van der Waals surface area contributed by atoms with Gasteiger partial charge in [-0.1, -0.05) is 12.1 Å². The largest absolute Gasteiger partial charge is 0.438 e. The zero-order valence-electron chi connectivity index (χ0n) is 15.2. The third kappa shape index (κ3) is 4.81. The minimum atomic E-state index is -0.328. The Bertz CT molecular complexity index is 1080. The summed E-state index contributed by atoms with van der Waals surface area (Å²) in [4.78, 5) is 12.1. The smallest absolute Gasteiger partial charge is 0.238 e. The molecule has 2 aromatic carbocycles. The highest BCUT2D eigenvalue weighted by Crippen LogP contribution is 2.21. The van der Waals surface area contributed by atoms with Crippen LogP contribution in [0.2, 0.25) is 0 Å². The van der Waals surface area contributed by atoms with E-state index in [0.29, 0.717) is 23.1 Å². The van der Waals surface area contributed by atoms with E-state index < -0.39 is 0 Å². The quantitative estimate of drug-likeness (QED) is 0.543. The van der Waals surface area contributed by atoms with E-state index in [1.807, 2.05) is 0 Å². The number of rotatable bonds is 6. The van der Waals surface area contributed by atoms with E-state index in [2.05, 4.69) is 20.6 Å². The molecule has 0 aliphatic carbocycles. The van der Waals surface area contributed by atoms with Crippen LogP contribution >= 0.6 is 0 Å². The standard InChI is InChI=1S/C21H16FN5O2/c22-16-4-2-15(3-5-16)14-20(28)24-17-6-8-18(9-7-17)29-21-11-10-19(25-26-21)27-13-1-12-23-27/h1-13H,14H2,(H,24,28). The van der Waals surface area contributed by atoms with Crippen LogP contribution in [0, 0.1) is 5.82 Å². The highest BCUT2D eigenvalue weighted by atomic mass is 19.1.